The molecule has 4 rings (SSSR count). The van der Waals surface area contributed by atoms with Gasteiger partial charge in [0.25, 0.3) is 0 Å². The standard InChI is InChI=1S/C16H21N3O3/c1-10-6-13(18-14(17-10)11-2-3-11)19-7-12-8-22-5-4-16(12,9-19)15(20)21/h6,11-12H,2-5,7-9H2,1H3,(H,20,21)/t12-,16+/m1/s1. The first kappa shape index (κ1) is 13.9. The van der Waals surface area contributed by atoms with Crippen molar-refractivity contribution < 1.29 is 14.6 Å². The quantitative estimate of drug-likeness (QED) is 0.914. The fourth-order valence-electron chi connectivity index (χ4n) is 3.73. The second-order valence-electron chi connectivity index (χ2n) is 6.86. The number of carbonyl (C=O) groups is 1. The summed E-state index contributed by atoms with van der Waals surface area (Å²) in [5.74, 6) is 1.64. The van der Waals surface area contributed by atoms with Crippen LogP contribution in [-0.4, -0.2) is 47.3 Å². The second kappa shape index (κ2) is 4.91. The van der Waals surface area contributed by atoms with E-state index in [2.05, 4.69) is 9.88 Å². The summed E-state index contributed by atoms with van der Waals surface area (Å²) in [6.45, 7) is 4.27. The van der Waals surface area contributed by atoms with Gasteiger partial charge in [0.05, 0.1) is 12.0 Å². The monoisotopic (exact) mass is 303 g/mol. The number of aryl methyl sites for hydroxylation is 1. The minimum atomic E-state index is -0.698. The first-order valence-electron chi connectivity index (χ1n) is 8.00. The summed E-state index contributed by atoms with van der Waals surface area (Å²) in [6, 6.07) is 1.97. The van der Waals surface area contributed by atoms with Crippen LogP contribution >= 0.6 is 0 Å². The molecule has 2 saturated heterocycles. The van der Waals surface area contributed by atoms with E-state index in [1.807, 2.05) is 13.0 Å². The number of aliphatic carboxylic acids is 1. The van der Waals surface area contributed by atoms with Gasteiger partial charge in [-0.2, -0.15) is 0 Å². The molecule has 3 aliphatic rings. The average molecular weight is 303 g/mol. The van der Waals surface area contributed by atoms with Crippen molar-refractivity contribution in [2.45, 2.75) is 32.1 Å². The number of hydrogen-bond donors (Lipinski definition) is 1. The zero-order valence-corrected chi connectivity index (χ0v) is 12.8. The normalized spacial score (nSPS) is 31.1. The third-order valence-electron chi connectivity index (χ3n) is 5.26. The first-order chi connectivity index (χ1) is 10.6. The topological polar surface area (TPSA) is 75.5 Å². The van der Waals surface area contributed by atoms with Crippen LogP contribution in [0.15, 0.2) is 6.07 Å². The summed E-state index contributed by atoms with van der Waals surface area (Å²) in [5, 5.41) is 9.76. The highest BCUT2D eigenvalue weighted by atomic mass is 16.5. The van der Waals surface area contributed by atoms with E-state index in [-0.39, 0.29) is 5.92 Å². The number of anilines is 1. The van der Waals surface area contributed by atoms with Crippen LogP contribution in [0.25, 0.3) is 0 Å². The van der Waals surface area contributed by atoms with Gasteiger partial charge in [-0.25, -0.2) is 9.97 Å². The van der Waals surface area contributed by atoms with Crippen molar-refractivity contribution in [1.29, 1.82) is 0 Å². The molecule has 1 aliphatic carbocycles. The van der Waals surface area contributed by atoms with E-state index in [1.54, 1.807) is 0 Å². The molecule has 1 saturated carbocycles. The summed E-state index contributed by atoms with van der Waals surface area (Å²) >= 11 is 0. The van der Waals surface area contributed by atoms with Crippen LogP contribution in [0, 0.1) is 18.3 Å². The van der Waals surface area contributed by atoms with Gasteiger partial charge in [-0.05, 0) is 26.2 Å². The molecule has 0 amide bonds. The Bertz CT molecular complexity index is 617. The van der Waals surface area contributed by atoms with Crippen LogP contribution in [0.1, 0.15) is 36.7 Å². The van der Waals surface area contributed by atoms with Crippen molar-refractivity contribution in [2.75, 3.05) is 31.2 Å². The van der Waals surface area contributed by atoms with Crippen LogP contribution < -0.4 is 4.90 Å². The summed E-state index contributed by atoms with van der Waals surface area (Å²) in [6.07, 6.45) is 2.92. The van der Waals surface area contributed by atoms with Crippen LogP contribution in [0.3, 0.4) is 0 Å². The molecule has 0 spiro atoms. The Morgan fingerprint density at radius 1 is 1.45 bits per heavy atom. The molecule has 6 heteroatoms. The first-order valence-corrected chi connectivity index (χ1v) is 8.00. The largest absolute Gasteiger partial charge is 0.481 e. The van der Waals surface area contributed by atoms with E-state index in [1.165, 1.54) is 12.8 Å². The Labute approximate surface area is 129 Å². The minimum Gasteiger partial charge on any atom is -0.481 e. The lowest BCUT2D eigenvalue weighted by Crippen LogP contribution is -2.44. The molecule has 3 fully saturated rings. The minimum absolute atomic E-state index is 0.0402. The highest BCUT2D eigenvalue weighted by molar-refractivity contribution is 5.77. The number of aromatic nitrogens is 2. The fraction of sp³-hybridized carbons (Fsp3) is 0.688. The van der Waals surface area contributed by atoms with Gasteiger partial charge >= 0.3 is 5.97 Å². The predicted molar refractivity (Wildman–Crippen MR) is 80.0 cm³/mol. The Morgan fingerprint density at radius 3 is 2.95 bits per heavy atom. The SMILES string of the molecule is Cc1cc(N2C[C@@H]3COCC[C@]3(C(=O)O)C2)nc(C2CC2)n1. The maximum Gasteiger partial charge on any atom is 0.311 e. The molecule has 3 heterocycles. The number of carboxylic acids is 1. The maximum atomic E-state index is 11.9. The molecule has 0 radical (unpaired) electrons. The van der Waals surface area contributed by atoms with E-state index in [4.69, 9.17) is 9.72 Å². The van der Waals surface area contributed by atoms with Gasteiger partial charge in [-0.3, -0.25) is 4.79 Å². The molecule has 22 heavy (non-hydrogen) atoms. The third-order valence-corrected chi connectivity index (χ3v) is 5.26. The summed E-state index contributed by atoms with van der Waals surface area (Å²) in [5.41, 5.74) is 0.277. The van der Waals surface area contributed by atoms with E-state index >= 15 is 0 Å². The number of rotatable bonds is 3. The highest BCUT2D eigenvalue weighted by Crippen LogP contribution is 2.44. The van der Waals surface area contributed by atoms with E-state index in [0.29, 0.717) is 38.6 Å². The highest BCUT2D eigenvalue weighted by Gasteiger charge is 2.54. The average Bonchev–Trinajstić information content (AvgIpc) is 3.26. The van der Waals surface area contributed by atoms with Gasteiger partial charge in [0.15, 0.2) is 0 Å². The number of fused-ring (bicyclic) bond motifs is 1. The lowest BCUT2D eigenvalue weighted by molar-refractivity contribution is -0.157. The van der Waals surface area contributed by atoms with Crippen molar-refractivity contribution >= 4 is 11.8 Å². The molecular weight excluding hydrogens is 282 g/mol. The fourth-order valence-corrected chi connectivity index (χ4v) is 3.73. The Kier molecular flexibility index (Phi) is 3.11. The van der Waals surface area contributed by atoms with Gasteiger partial charge in [-0.15, -0.1) is 0 Å². The number of nitrogens with zero attached hydrogens (tertiary/aromatic N) is 3. The Morgan fingerprint density at radius 2 is 2.27 bits per heavy atom. The van der Waals surface area contributed by atoms with Gasteiger partial charge in [0.2, 0.25) is 0 Å². The molecule has 0 bridgehead atoms. The molecule has 6 nitrogen and oxygen atoms in total. The maximum absolute atomic E-state index is 11.9. The zero-order chi connectivity index (χ0) is 15.3. The molecule has 0 unspecified atom stereocenters. The summed E-state index contributed by atoms with van der Waals surface area (Å²) in [4.78, 5) is 23.2. The molecule has 1 N–H and O–H groups in total. The van der Waals surface area contributed by atoms with Crippen LogP contribution in [-0.2, 0) is 9.53 Å². The van der Waals surface area contributed by atoms with Gasteiger partial charge in [0, 0.05) is 43.3 Å². The van der Waals surface area contributed by atoms with Crippen LogP contribution in [0.5, 0.6) is 0 Å². The van der Waals surface area contributed by atoms with Crippen molar-refractivity contribution in [3.05, 3.63) is 17.6 Å². The lowest BCUT2D eigenvalue weighted by atomic mass is 9.74. The van der Waals surface area contributed by atoms with Crippen molar-refractivity contribution in [3.8, 4) is 0 Å². The molecule has 118 valence electrons. The van der Waals surface area contributed by atoms with Crippen molar-refractivity contribution in [2.24, 2.45) is 11.3 Å². The van der Waals surface area contributed by atoms with Crippen LogP contribution in [0.2, 0.25) is 0 Å². The second-order valence-corrected chi connectivity index (χ2v) is 6.86. The predicted octanol–water partition coefficient (Wildman–Crippen LogP) is 1.59. The third kappa shape index (κ3) is 2.17. The van der Waals surface area contributed by atoms with Crippen LogP contribution in [0.4, 0.5) is 5.82 Å². The Hall–Kier alpha value is -1.69. The molecule has 2 atom stereocenters. The van der Waals surface area contributed by atoms with Gasteiger partial charge in [0.1, 0.15) is 11.6 Å². The number of ether oxygens (including phenoxy) is 1. The molecule has 1 aromatic heterocycles. The number of carboxylic acid groups (broad SMARTS) is 1. The van der Waals surface area contributed by atoms with Crippen molar-refractivity contribution in [3.63, 3.8) is 0 Å². The molecule has 1 aromatic rings. The van der Waals surface area contributed by atoms with E-state index in [0.717, 1.165) is 17.3 Å². The summed E-state index contributed by atoms with van der Waals surface area (Å²) < 4.78 is 5.52. The van der Waals surface area contributed by atoms with E-state index in [9.17, 15) is 9.90 Å². The molecule has 0 aromatic carbocycles. The van der Waals surface area contributed by atoms with Crippen molar-refractivity contribution in [1.82, 2.24) is 9.97 Å². The molecule has 2 aliphatic heterocycles. The van der Waals surface area contributed by atoms with E-state index < -0.39 is 11.4 Å². The Balaban J connectivity index is 1.65. The zero-order valence-electron chi connectivity index (χ0n) is 12.8. The van der Waals surface area contributed by atoms with Gasteiger partial charge < -0.3 is 14.7 Å². The van der Waals surface area contributed by atoms with Gasteiger partial charge in [-0.1, -0.05) is 0 Å². The lowest BCUT2D eigenvalue weighted by Gasteiger charge is -2.33. The number of hydrogen-bond acceptors (Lipinski definition) is 5. The smallest absolute Gasteiger partial charge is 0.311 e. The summed E-state index contributed by atoms with van der Waals surface area (Å²) in [7, 11) is 0. The molecular formula is C16H21N3O3.